The summed E-state index contributed by atoms with van der Waals surface area (Å²) in [5.41, 5.74) is 0.215. The minimum Gasteiger partial charge on any atom is -0.345 e. The zero-order chi connectivity index (χ0) is 27.0. The topological polar surface area (TPSA) is 58.2 Å². The molecule has 0 saturated heterocycles. The molecule has 0 radical (unpaired) electrons. The quantitative estimate of drug-likeness (QED) is 0.239. The molecule has 192 valence electrons. The maximum absolute atomic E-state index is 13.5. The Hall–Kier alpha value is -2.31. The van der Waals surface area contributed by atoms with E-state index in [-0.39, 0.29) is 15.6 Å². The molecule has 0 bridgehead atoms. The number of benzene rings is 1. The van der Waals surface area contributed by atoms with E-state index < -0.39 is 59.1 Å². The van der Waals surface area contributed by atoms with Crippen molar-refractivity contribution in [1.29, 1.82) is 0 Å². The predicted molar refractivity (Wildman–Crippen MR) is 122 cm³/mol. The largest absolute Gasteiger partial charge is 0.405 e. The molecule has 1 aromatic rings. The van der Waals surface area contributed by atoms with Crippen LogP contribution in [0.5, 0.6) is 0 Å². The molecule has 0 aliphatic carbocycles. The summed E-state index contributed by atoms with van der Waals surface area (Å²) in [4.78, 5) is 23.5. The summed E-state index contributed by atoms with van der Waals surface area (Å²) in [6.45, 7) is 0.797. The van der Waals surface area contributed by atoms with E-state index in [4.69, 9.17) is 23.2 Å². The predicted octanol–water partition coefficient (Wildman–Crippen LogP) is 6.78. The molecule has 1 rings (SSSR count). The number of nitrogens with one attached hydrogen (secondary N) is 2. The second kappa shape index (κ2) is 13.1. The number of amides is 2. The van der Waals surface area contributed by atoms with Gasteiger partial charge in [0.1, 0.15) is 6.54 Å². The highest BCUT2D eigenvalue weighted by atomic mass is 79.9. The molecule has 2 amide bonds. The molecule has 0 aliphatic rings. The van der Waals surface area contributed by atoms with Crippen LogP contribution in [-0.2, 0) is 4.79 Å². The van der Waals surface area contributed by atoms with E-state index in [2.05, 4.69) is 27.8 Å². The van der Waals surface area contributed by atoms with Gasteiger partial charge in [-0.15, -0.1) is 0 Å². The van der Waals surface area contributed by atoms with E-state index in [1.54, 1.807) is 5.32 Å². The Morgan fingerprint density at radius 2 is 1.71 bits per heavy atom. The van der Waals surface area contributed by atoms with Gasteiger partial charge in [-0.1, -0.05) is 54.1 Å². The highest BCUT2D eigenvalue weighted by molar-refractivity contribution is 9.10. The first-order valence-electron chi connectivity index (χ1n) is 9.25. The maximum atomic E-state index is 13.5. The summed E-state index contributed by atoms with van der Waals surface area (Å²) in [6, 6.07) is 3.82. The average molecular weight is 612 g/mol. The lowest BCUT2D eigenvalue weighted by molar-refractivity contribution is -0.148. The molecule has 1 atom stereocenters. The maximum Gasteiger partial charge on any atom is 0.405 e. The second-order valence-electron chi connectivity index (χ2n) is 6.67. The van der Waals surface area contributed by atoms with Crippen LogP contribution in [0.3, 0.4) is 0 Å². The molecule has 0 spiro atoms. The van der Waals surface area contributed by atoms with E-state index in [1.165, 1.54) is 18.2 Å². The van der Waals surface area contributed by atoms with Gasteiger partial charge in [-0.3, -0.25) is 9.59 Å². The average Bonchev–Trinajstić information content (AvgIpc) is 2.73. The molecule has 0 heterocycles. The van der Waals surface area contributed by atoms with Crippen molar-refractivity contribution in [2.75, 3.05) is 13.1 Å². The number of carbonyl (C=O) groups is 2. The molecule has 0 saturated carbocycles. The van der Waals surface area contributed by atoms with Gasteiger partial charge in [0.25, 0.3) is 5.91 Å². The van der Waals surface area contributed by atoms with Crippen LogP contribution in [0, 0.1) is 5.92 Å². The molecule has 2 N–H and O–H groups in total. The standard InChI is InChI=1S/C21H16BrCl2F7N2O2/c1-11(23)18(25)16(24)7-5-13(21(29,30)31)4-2-12-3-6-14(15(22)8-12)19(35)32-9-17(34)33-10-20(26,27)28/h2-8,13H,1,9-10H2,(H,32,35)(H,33,34)/b4-2+,7-5+,18-16-. The molecule has 0 fully saturated rings. The van der Waals surface area contributed by atoms with Crippen molar-refractivity contribution in [3.63, 3.8) is 0 Å². The Morgan fingerprint density at radius 3 is 2.23 bits per heavy atom. The van der Waals surface area contributed by atoms with Crippen LogP contribution < -0.4 is 10.6 Å². The van der Waals surface area contributed by atoms with Gasteiger partial charge in [0.15, 0.2) is 5.83 Å². The molecule has 14 heteroatoms. The first-order valence-corrected chi connectivity index (χ1v) is 10.8. The Kier molecular flexibility index (Phi) is 11.5. The highest BCUT2D eigenvalue weighted by Crippen LogP contribution is 2.31. The third kappa shape index (κ3) is 11.3. The lowest BCUT2D eigenvalue weighted by Gasteiger charge is -2.13. The molecule has 0 aromatic heterocycles. The summed E-state index contributed by atoms with van der Waals surface area (Å²) in [5.74, 6) is -5.20. The molecular weight excluding hydrogens is 596 g/mol. The van der Waals surface area contributed by atoms with Crippen molar-refractivity contribution in [3.05, 3.63) is 74.5 Å². The number of allylic oxidation sites excluding steroid dienone is 6. The smallest absolute Gasteiger partial charge is 0.345 e. The van der Waals surface area contributed by atoms with Crippen LogP contribution in [0.25, 0.3) is 6.08 Å². The zero-order valence-corrected chi connectivity index (χ0v) is 20.4. The first kappa shape index (κ1) is 30.7. The molecule has 1 aromatic carbocycles. The Morgan fingerprint density at radius 1 is 1.09 bits per heavy atom. The minimum absolute atomic E-state index is 0.0215. The molecule has 4 nitrogen and oxygen atoms in total. The van der Waals surface area contributed by atoms with Crippen LogP contribution >= 0.6 is 39.1 Å². The summed E-state index contributed by atoms with van der Waals surface area (Å²) in [6.07, 6.45) is -6.18. The fourth-order valence-corrected chi connectivity index (χ4v) is 3.14. The van der Waals surface area contributed by atoms with Crippen molar-refractivity contribution in [1.82, 2.24) is 10.6 Å². The van der Waals surface area contributed by atoms with Gasteiger partial charge in [0, 0.05) is 4.47 Å². The van der Waals surface area contributed by atoms with Gasteiger partial charge in [-0.25, -0.2) is 4.39 Å². The van der Waals surface area contributed by atoms with Crippen LogP contribution in [0.15, 0.2) is 63.4 Å². The SMILES string of the molecule is C=C(Cl)/C(F)=C(Cl)\C=C\C(/C=C/c1ccc(C(=O)NCC(=O)NCC(F)(F)F)c(Br)c1)C(F)(F)F. The summed E-state index contributed by atoms with van der Waals surface area (Å²) < 4.78 is 89.8. The van der Waals surface area contributed by atoms with Gasteiger partial charge in [0.2, 0.25) is 5.91 Å². The van der Waals surface area contributed by atoms with Crippen molar-refractivity contribution in [2.45, 2.75) is 12.4 Å². The Balaban J connectivity index is 2.92. The number of rotatable bonds is 9. The third-order valence-electron chi connectivity index (χ3n) is 3.90. The van der Waals surface area contributed by atoms with E-state index >= 15 is 0 Å². The lowest BCUT2D eigenvalue weighted by Crippen LogP contribution is -2.40. The van der Waals surface area contributed by atoms with E-state index in [0.717, 1.165) is 12.2 Å². The van der Waals surface area contributed by atoms with Crippen LogP contribution in [-0.4, -0.2) is 37.3 Å². The summed E-state index contributed by atoms with van der Waals surface area (Å²) >= 11 is 13.9. The van der Waals surface area contributed by atoms with Gasteiger partial charge >= 0.3 is 12.4 Å². The zero-order valence-electron chi connectivity index (χ0n) is 17.3. The van der Waals surface area contributed by atoms with Crippen LogP contribution in [0.1, 0.15) is 15.9 Å². The summed E-state index contributed by atoms with van der Waals surface area (Å²) in [7, 11) is 0. The van der Waals surface area contributed by atoms with Crippen molar-refractivity contribution >= 4 is 57.0 Å². The van der Waals surface area contributed by atoms with Crippen LogP contribution in [0.4, 0.5) is 30.7 Å². The van der Waals surface area contributed by atoms with Gasteiger partial charge in [0.05, 0.1) is 28.1 Å². The van der Waals surface area contributed by atoms with E-state index in [0.29, 0.717) is 12.2 Å². The number of hydrogen-bond acceptors (Lipinski definition) is 2. The van der Waals surface area contributed by atoms with Gasteiger partial charge in [-0.2, -0.15) is 26.3 Å². The van der Waals surface area contributed by atoms with E-state index in [1.807, 2.05) is 0 Å². The Bertz CT molecular complexity index is 1050. The molecular formula is C21H16BrCl2F7N2O2. The third-order valence-corrected chi connectivity index (χ3v) is 5.02. The normalized spacial score (nSPS) is 14.1. The fraction of sp³-hybridized carbons (Fsp3) is 0.238. The van der Waals surface area contributed by atoms with Crippen LogP contribution in [0.2, 0.25) is 0 Å². The lowest BCUT2D eigenvalue weighted by atomic mass is 10.0. The minimum atomic E-state index is -4.73. The summed E-state index contributed by atoms with van der Waals surface area (Å²) in [5, 5.41) is 2.46. The van der Waals surface area contributed by atoms with E-state index in [9.17, 15) is 40.3 Å². The Labute approximate surface area is 213 Å². The van der Waals surface area contributed by atoms with Gasteiger partial charge < -0.3 is 10.6 Å². The monoisotopic (exact) mass is 610 g/mol. The fourth-order valence-electron chi connectivity index (χ4n) is 2.22. The number of alkyl halides is 6. The van der Waals surface area contributed by atoms with Crippen molar-refractivity contribution in [2.24, 2.45) is 5.92 Å². The van der Waals surface area contributed by atoms with Crippen molar-refractivity contribution < 1.29 is 40.3 Å². The number of halogens is 10. The first-order chi connectivity index (χ1) is 16.0. The molecule has 35 heavy (non-hydrogen) atoms. The van der Waals surface area contributed by atoms with Crippen molar-refractivity contribution in [3.8, 4) is 0 Å². The number of hydrogen-bond donors (Lipinski definition) is 2. The highest BCUT2D eigenvalue weighted by Gasteiger charge is 2.36. The number of carbonyl (C=O) groups excluding carboxylic acids is 2. The second-order valence-corrected chi connectivity index (χ2v) is 8.38. The molecule has 0 aliphatic heterocycles. The van der Waals surface area contributed by atoms with Gasteiger partial charge in [-0.05, 0) is 39.7 Å². The molecule has 1 unspecified atom stereocenters.